The number of hydrogen-bond donors (Lipinski definition) is 1. The molecular weight excluding hydrogens is 277 g/mol. The molecule has 0 amide bonds. The normalized spacial score (nSPS) is 11.2. The van der Waals surface area contributed by atoms with Gasteiger partial charge in [0.2, 0.25) is 0 Å². The number of thiazole rings is 1. The highest BCUT2D eigenvalue weighted by Crippen LogP contribution is 2.25. The van der Waals surface area contributed by atoms with Crippen LogP contribution in [0.25, 0.3) is 4.96 Å². The zero-order valence-electron chi connectivity index (χ0n) is 11.0. The topological polar surface area (TPSA) is 40.8 Å². The van der Waals surface area contributed by atoms with Crippen LogP contribution >= 0.6 is 11.3 Å². The van der Waals surface area contributed by atoms with E-state index in [9.17, 15) is 9.50 Å². The molecule has 0 saturated carbocycles. The minimum atomic E-state index is -0.231. The quantitative estimate of drug-likeness (QED) is 0.803. The standard InChI is InChI=1S/C14H14FN3OS/c1-17(8-10-4-2-3-5-11(10)15)13-12(9-19)18-6-7-20-14(18)16-13/h2-7,19H,8-9H2,1H3. The van der Waals surface area contributed by atoms with Crippen molar-refractivity contribution in [2.75, 3.05) is 11.9 Å². The second-order valence-electron chi connectivity index (χ2n) is 4.54. The van der Waals surface area contributed by atoms with Gasteiger partial charge >= 0.3 is 0 Å². The van der Waals surface area contributed by atoms with Gasteiger partial charge in [-0.25, -0.2) is 9.37 Å². The maximum atomic E-state index is 13.7. The molecule has 3 aromatic rings. The highest BCUT2D eigenvalue weighted by molar-refractivity contribution is 7.15. The molecule has 0 aliphatic heterocycles. The Morgan fingerprint density at radius 1 is 1.40 bits per heavy atom. The van der Waals surface area contributed by atoms with Crippen molar-refractivity contribution in [1.29, 1.82) is 0 Å². The fourth-order valence-corrected chi connectivity index (χ4v) is 2.96. The van der Waals surface area contributed by atoms with Gasteiger partial charge in [0.25, 0.3) is 0 Å². The number of nitrogens with zero attached hydrogens (tertiary/aromatic N) is 3. The SMILES string of the molecule is CN(Cc1ccccc1F)c1nc2sccn2c1CO. The van der Waals surface area contributed by atoms with Gasteiger partial charge in [0.1, 0.15) is 5.82 Å². The first kappa shape index (κ1) is 13.1. The number of imidazole rings is 1. The lowest BCUT2D eigenvalue weighted by Crippen LogP contribution is -2.19. The van der Waals surface area contributed by atoms with Crippen LogP contribution in [0.5, 0.6) is 0 Å². The lowest BCUT2D eigenvalue weighted by atomic mass is 10.2. The molecule has 0 aliphatic carbocycles. The Kier molecular flexibility index (Phi) is 3.42. The van der Waals surface area contributed by atoms with Crippen LogP contribution < -0.4 is 4.90 Å². The van der Waals surface area contributed by atoms with Gasteiger partial charge in [0, 0.05) is 30.7 Å². The average molecular weight is 291 g/mol. The number of anilines is 1. The van der Waals surface area contributed by atoms with Crippen LogP contribution in [0.3, 0.4) is 0 Å². The van der Waals surface area contributed by atoms with Crippen molar-refractivity contribution >= 4 is 22.1 Å². The van der Waals surface area contributed by atoms with E-state index in [2.05, 4.69) is 4.98 Å². The van der Waals surface area contributed by atoms with Gasteiger partial charge in [-0.05, 0) is 6.07 Å². The molecule has 0 atom stereocenters. The monoisotopic (exact) mass is 291 g/mol. The van der Waals surface area contributed by atoms with Crippen molar-refractivity contribution < 1.29 is 9.50 Å². The van der Waals surface area contributed by atoms with Crippen LogP contribution in [-0.4, -0.2) is 21.5 Å². The van der Waals surface area contributed by atoms with Crippen LogP contribution in [0, 0.1) is 5.82 Å². The molecule has 6 heteroatoms. The highest BCUT2D eigenvalue weighted by Gasteiger charge is 2.16. The molecule has 1 aromatic carbocycles. The van der Waals surface area contributed by atoms with Crippen LogP contribution in [-0.2, 0) is 13.2 Å². The number of hydrogen-bond acceptors (Lipinski definition) is 4. The minimum Gasteiger partial charge on any atom is -0.390 e. The van der Waals surface area contributed by atoms with Gasteiger partial charge in [0.05, 0.1) is 12.3 Å². The Hall–Kier alpha value is -1.92. The summed E-state index contributed by atoms with van der Waals surface area (Å²) in [4.78, 5) is 7.17. The molecule has 0 unspecified atom stereocenters. The van der Waals surface area contributed by atoms with Crippen molar-refractivity contribution in [2.45, 2.75) is 13.2 Å². The fourth-order valence-electron chi connectivity index (χ4n) is 2.23. The number of halogens is 1. The van der Waals surface area contributed by atoms with E-state index in [-0.39, 0.29) is 12.4 Å². The van der Waals surface area contributed by atoms with Crippen LogP contribution in [0.15, 0.2) is 35.8 Å². The van der Waals surface area contributed by atoms with Gasteiger partial charge in [-0.3, -0.25) is 4.40 Å². The first-order valence-corrected chi connectivity index (χ1v) is 7.08. The van der Waals surface area contributed by atoms with E-state index >= 15 is 0 Å². The number of benzene rings is 1. The smallest absolute Gasteiger partial charge is 0.195 e. The van der Waals surface area contributed by atoms with Crippen molar-refractivity contribution in [3.8, 4) is 0 Å². The molecule has 0 bridgehead atoms. The summed E-state index contributed by atoms with van der Waals surface area (Å²) >= 11 is 1.50. The lowest BCUT2D eigenvalue weighted by Gasteiger charge is -2.18. The van der Waals surface area contributed by atoms with Crippen molar-refractivity contribution in [3.05, 3.63) is 52.9 Å². The third-order valence-corrected chi connectivity index (χ3v) is 3.97. The Labute approximate surface area is 119 Å². The second-order valence-corrected chi connectivity index (χ2v) is 5.42. The Bertz CT molecular complexity index is 737. The summed E-state index contributed by atoms with van der Waals surface area (Å²) in [6, 6.07) is 6.68. The van der Waals surface area contributed by atoms with E-state index in [0.717, 1.165) is 10.7 Å². The molecule has 2 aromatic heterocycles. The second kappa shape index (κ2) is 5.22. The van der Waals surface area contributed by atoms with Gasteiger partial charge in [0.15, 0.2) is 10.8 Å². The van der Waals surface area contributed by atoms with Crippen LogP contribution in [0.1, 0.15) is 11.3 Å². The van der Waals surface area contributed by atoms with E-state index in [1.54, 1.807) is 12.1 Å². The fraction of sp³-hybridized carbons (Fsp3) is 0.214. The molecule has 1 N–H and O–H groups in total. The zero-order chi connectivity index (χ0) is 14.1. The largest absolute Gasteiger partial charge is 0.390 e. The summed E-state index contributed by atoms with van der Waals surface area (Å²) in [6.07, 6.45) is 1.87. The van der Waals surface area contributed by atoms with E-state index in [4.69, 9.17) is 0 Å². The Morgan fingerprint density at radius 3 is 2.95 bits per heavy atom. The predicted octanol–water partition coefficient (Wildman–Crippen LogP) is 2.66. The van der Waals surface area contributed by atoms with Crippen LogP contribution in [0.4, 0.5) is 10.2 Å². The maximum Gasteiger partial charge on any atom is 0.195 e. The molecule has 0 spiro atoms. The van der Waals surface area contributed by atoms with E-state index in [0.29, 0.717) is 17.9 Å². The first-order chi connectivity index (χ1) is 9.70. The van der Waals surface area contributed by atoms with Crippen LogP contribution in [0.2, 0.25) is 0 Å². The van der Waals surface area contributed by atoms with Gasteiger partial charge in [-0.15, -0.1) is 11.3 Å². The number of aromatic nitrogens is 2. The average Bonchev–Trinajstić information content (AvgIpc) is 3.01. The van der Waals surface area contributed by atoms with Crippen molar-refractivity contribution in [3.63, 3.8) is 0 Å². The summed E-state index contributed by atoms with van der Waals surface area (Å²) in [5.74, 6) is 0.452. The summed E-state index contributed by atoms with van der Waals surface area (Å²) in [5, 5.41) is 11.5. The minimum absolute atomic E-state index is 0.102. The van der Waals surface area contributed by atoms with E-state index < -0.39 is 0 Å². The molecular formula is C14H14FN3OS. The van der Waals surface area contributed by atoms with E-state index in [1.165, 1.54) is 17.4 Å². The third-order valence-electron chi connectivity index (χ3n) is 3.22. The number of rotatable bonds is 4. The lowest BCUT2D eigenvalue weighted by molar-refractivity contribution is 0.276. The molecule has 0 fully saturated rings. The van der Waals surface area contributed by atoms with Crippen molar-refractivity contribution in [2.24, 2.45) is 0 Å². The molecule has 3 rings (SSSR count). The highest BCUT2D eigenvalue weighted by atomic mass is 32.1. The molecule has 104 valence electrons. The molecule has 4 nitrogen and oxygen atoms in total. The molecule has 0 saturated heterocycles. The maximum absolute atomic E-state index is 13.7. The number of fused-ring (bicyclic) bond motifs is 1. The molecule has 0 radical (unpaired) electrons. The first-order valence-electron chi connectivity index (χ1n) is 6.20. The summed E-state index contributed by atoms with van der Waals surface area (Å²) < 4.78 is 15.6. The third kappa shape index (κ3) is 2.17. The Morgan fingerprint density at radius 2 is 2.20 bits per heavy atom. The van der Waals surface area contributed by atoms with Gasteiger partial charge in [-0.1, -0.05) is 18.2 Å². The number of aliphatic hydroxyl groups excluding tert-OH is 1. The number of aliphatic hydroxyl groups is 1. The molecule has 0 aliphatic rings. The zero-order valence-corrected chi connectivity index (χ0v) is 11.8. The predicted molar refractivity (Wildman–Crippen MR) is 77.5 cm³/mol. The van der Waals surface area contributed by atoms with Gasteiger partial charge < -0.3 is 10.0 Å². The molecule has 20 heavy (non-hydrogen) atoms. The van der Waals surface area contributed by atoms with Gasteiger partial charge in [-0.2, -0.15) is 0 Å². The Balaban J connectivity index is 1.94. The van der Waals surface area contributed by atoms with Crippen molar-refractivity contribution in [1.82, 2.24) is 9.38 Å². The summed E-state index contributed by atoms with van der Waals surface area (Å²) in [5.41, 5.74) is 1.33. The molecule has 2 heterocycles. The summed E-state index contributed by atoms with van der Waals surface area (Å²) in [7, 11) is 1.85. The van der Waals surface area contributed by atoms with E-state index in [1.807, 2.05) is 34.0 Å². The summed E-state index contributed by atoms with van der Waals surface area (Å²) in [6.45, 7) is 0.305.